The van der Waals surface area contributed by atoms with Gasteiger partial charge in [-0.25, -0.2) is 0 Å². The van der Waals surface area contributed by atoms with Crippen molar-refractivity contribution < 1.29 is 23.7 Å². The summed E-state index contributed by atoms with van der Waals surface area (Å²) in [7, 11) is 1.64. The van der Waals surface area contributed by atoms with Crippen LogP contribution in [0.5, 0.6) is 5.75 Å². The van der Waals surface area contributed by atoms with Gasteiger partial charge in [0.05, 0.1) is 26.9 Å². The van der Waals surface area contributed by atoms with E-state index in [1.807, 2.05) is 29.2 Å². The molecule has 0 aromatic heterocycles. The van der Waals surface area contributed by atoms with E-state index in [9.17, 15) is 4.79 Å². The molecule has 2 aliphatic rings. The SMILES string of the molecule is C=C1C(=O)N(Cc2ccc(OC)cc2)CC1COCCOC1CCCCO1. The van der Waals surface area contributed by atoms with Gasteiger partial charge in [-0.2, -0.15) is 0 Å². The largest absolute Gasteiger partial charge is 0.497 e. The van der Waals surface area contributed by atoms with Crippen LogP contribution in [0, 0.1) is 5.92 Å². The number of carbonyl (C=O) groups excluding carboxylic acids is 1. The number of likely N-dealkylation sites (tertiary alicyclic amines) is 1. The lowest BCUT2D eigenvalue weighted by Crippen LogP contribution is -2.25. The van der Waals surface area contributed by atoms with Crippen LogP contribution in [0.3, 0.4) is 0 Å². The van der Waals surface area contributed by atoms with Gasteiger partial charge < -0.3 is 23.8 Å². The van der Waals surface area contributed by atoms with Crippen molar-refractivity contribution in [3.05, 3.63) is 42.0 Å². The van der Waals surface area contributed by atoms with Crippen molar-refractivity contribution in [1.29, 1.82) is 0 Å². The average molecular weight is 375 g/mol. The van der Waals surface area contributed by atoms with Crippen LogP contribution < -0.4 is 4.74 Å². The zero-order valence-corrected chi connectivity index (χ0v) is 16.0. The molecule has 27 heavy (non-hydrogen) atoms. The summed E-state index contributed by atoms with van der Waals surface area (Å²) in [6.45, 7) is 7.44. The third kappa shape index (κ3) is 5.54. The van der Waals surface area contributed by atoms with E-state index in [2.05, 4.69) is 6.58 Å². The number of hydrogen-bond acceptors (Lipinski definition) is 5. The molecule has 1 amide bonds. The predicted molar refractivity (Wildman–Crippen MR) is 101 cm³/mol. The van der Waals surface area contributed by atoms with E-state index in [1.165, 1.54) is 0 Å². The zero-order chi connectivity index (χ0) is 19.1. The Kier molecular flexibility index (Phi) is 7.26. The van der Waals surface area contributed by atoms with Crippen LogP contribution in [0.1, 0.15) is 24.8 Å². The number of methoxy groups -OCH3 is 1. The van der Waals surface area contributed by atoms with Crippen molar-refractivity contribution in [3.63, 3.8) is 0 Å². The fraction of sp³-hybridized carbons (Fsp3) is 0.571. The van der Waals surface area contributed by atoms with Crippen LogP contribution >= 0.6 is 0 Å². The van der Waals surface area contributed by atoms with Crippen LogP contribution in [0.4, 0.5) is 0 Å². The molecular formula is C21H29NO5. The number of hydrogen-bond donors (Lipinski definition) is 0. The molecule has 2 unspecified atom stereocenters. The fourth-order valence-electron chi connectivity index (χ4n) is 3.38. The van der Waals surface area contributed by atoms with Crippen LogP contribution in [-0.2, 0) is 25.5 Å². The monoisotopic (exact) mass is 375 g/mol. The number of carbonyl (C=O) groups is 1. The van der Waals surface area contributed by atoms with Crippen LogP contribution in [0.25, 0.3) is 0 Å². The second-order valence-corrected chi connectivity index (χ2v) is 7.00. The first kappa shape index (κ1) is 19.9. The van der Waals surface area contributed by atoms with Crippen LogP contribution in [0.15, 0.2) is 36.4 Å². The molecule has 0 N–H and O–H groups in total. The Labute approximate surface area is 161 Å². The lowest BCUT2D eigenvalue weighted by molar-refractivity contribution is -0.169. The van der Waals surface area contributed by atoms with Gasteiger partial charge in [0.15, 0.2) is 6.29 Å². The Morgan fingerprint density at radius 2 is 2.04 bits per heavy atom. The average Bonchev–Trinajstić information content (AvgIpc) is 2.97. The van der Waals surface area contributed by atoms with E-state index in [0.717, 1.165) is 37.2 Å². The summed E-state index contributed by atoms with van der Waals surface area (Å²) in [6, 6.07) is 7.76. The van der Waals surface area contributed by atoms with E-state index in [0.29, 0.717) is 38.5 Å². The molecule has 0 radical (unpaired) electrons. The van der Waals surface area contributed by atoms with E-state index >= 15 is 0 Å². The summed E-state index contributed by atoms with van der Waals surface area (Å²) in [5.41, 5.74) is 1.69. The number of nitrogens with zero attached hydrogens (tertiary/aromatic N) is 1. The topological polar surface area (TPSA) is 57.2 Å². The molecule has 0 bridgehead atoms. The molecule has 1 aromatic carbocycles. The second-order valence-electron chi connectivity index (χ2n) is 7.00. The van der Waals surface area contributed by atoms with Gasteiger partial charge in [0.25, 0.3) is 0 Å². The lowest BCUT2D eigenvalue weighted by atomic mass is 10.1. The maximum absolute atomic E-state index is 12.4. The van der Waals surface area contributed by atoms with Crippen molar-refractivity contribution in [3.8, 4) is 5.75 Å². The fourth-order valence-corrected chi connectivity index (χ4v) is 3.38. The van der Waals surface area contributed by atoms with Gasteiger partial charge in [0.1, 0.15) is 5.75 Å². The Bertz CT molecular complexity index is 624. The molecule has 2 heterocycles. The molecule has 6 heteroatoms. The van der Waals surface area contributed by atoms with E-state index < -0.39 is 0 Å². The summed E-state index contributed by atoms with van der Waals surface area (Å²) in [6.07, 6.45) is 3.13. The normalized spacial score (nSPS) is 23.1. The standard InChI is InChI=1S/C21H29NO5/c1-16-18(15-25-11-12-27-20-5-3-4-10-26-20)14-22(21(16)23)13-17-6-8-19(24-2)9-7-17/h6-9,18,20H,1,3-5,10-15H2,2H3. The number of amides is 1. The Hall–Kier alpha value is -1.89. The highest BCUT2D eigenvalue weighted by atomic mass is 16.7. The van der Waals surface area contributed by atoms with E-state index in [4.69, 9.17) is 18.9 Å². The Balaban J connectivity index is 1.38. The van der Waals surface area contributed by atoms with Gasteiger partial charge in [-0.05, 0) is 37.0 Å². The quantitative estimate of drug-likeness (QED) is 0.491. The molecule has 6 nitrogen and oxygen atoms in total. The van der Waals surface area contributed by atoms with Gasteiger partial charge in [0.2, 0.25) is 5.91 Å². The van der Waals surface area contributed by atoms with Crippen LogP contribution in [0.2, 0.25) is 0 Å². The maximum Gasteiger partial charge on any atom is 0.249 e. The lowest BCUT2D eigenvalue weighted by Gasteiger charge is -2.22. The molecule has 3 rings (SSSR count). The van der Waals surface area contributed by atoms with Crippen molar-refractivity contribution in [1.82, 2.24) is 4.90 Å². The Morgan fingerprint density at radius 3 is 2.74 bits per heavy atom. The number of benzene rings is 1. The van der Waals surface area contributed by atoms with Gasteiger partial charge >= 0.3 is 0 Å². The first-order chi connectivity index (χ1) is 13.2. The third-order valence-corrected chi connectivity index (χ3v) is 5.02. The van der Waals surface area contributed by atoms with Gasteiger partial charge in [0, 0.05) is 31.2 Å². The molecule has 0 spiro atoms. The third-order valence-electron chi connectivity index (χ3n) is 5.02. The predicted octanol–water partition coefficient (Wildman–Crippen LogP) is 2.77. The highest BCUT2D eigenvalue weighted by Gasteiger charge is 2.33. The van der Waals surface area contributed by atoms with E-state index in [-0.39, 0.29) is 18.1 Å². The number of ether oxygens (including phenoxy) is 4. The van der Waals surface area contributed by atoms with Crippen molar-refractivity contribution in [2.75, 3.05) is 40.1 Å². The zero-order valence-electron chi connectivity index (χ0n) is 16.0. The molecule has 0 saturated carbocycles. The molecular weight excluding hydrogens is 346 g/mol. The molecule has 2 fully saturated rings. The highest BCUT2D eigenvalue weighted by Crippen LogP contribution is 2.25. The molecule has 2 aliphatic heterocycles. The van der Waals surface area contributed by atoms with Gasteiger partial charge in [-0.3, -0.25) is 4.79 Å². The summed E-state index contributed by atoms with van der Waals surface area (Å²) >= 11 is 0. The van der Waals surface area contributed by atoms with Crippen molar-refractivity contribution in [2.45, 2.75) is 32.1 Å². The maximum atomic E-state index is 12.4. The molecule has 0 aliphatic carbocycles. The molecule has 148 valence electrons. The summed E-state index contributed by atoms with van der Waals surface area (Å²) in [4.78, 5) is 14.3. The van der Waals surface area contributed by atoms with Crippen molar-refractivity contribution in [2.24, 2.45) is 5.92 Å². The summed E-state index contributed by atoms with van der Waals surface area (Å²) in [5.74, 6) is 0.844. The second kappa shape index (κ2) is 9.88. The van der Waals surface area contributed by atoms with Crippen molar-refractivity contribution >= 4 is 5.91 Å². The molecule has 2 saturated heterocycles. The Morgan fingerprint density at radius 1 is 1.22 bits per heavy atom. The molecule has 1 aromatic rings. The molecule has 2 atom stereocenters. The number of rotatable bonds is 9. The first-order valence-corrected chi connectivity index (χ1v) is 9.59. The summed E-state index contributed by atoms with van der Waals surface area (Å²) < 4.78 is 22.1. The summed E-state index contributed by atoms with van der Waals surface area (Å²) in [5, 5.41) is 0. The van der Waals surface area contributed by atoms with Gasteiger partial charge in [-0.1, -0.05) is 18.7 Å². The van der Waals surface area contributed by atoms with Crippen LogP contribution in [-0.4, -0.2) is 57.2 Å². The van der Waals surface area contributed by atoms with Gasteiger partial charge in [-0.15, -0.1) is 0 Å². The minimum absolute atomic E-state index is 0.00581. The minimum Gasteiger partial charge on any atom is -0.497 e. The smallest absolute Gasteiger partial charge is 0.249 e. The highest BCUT2D eigenvalue weighted by molar-refractivity contribution is 5.95. The minimum atomic E-state index is -0.0923. The first-order valence-electron chi connectivity index (χ1n) is 9.59. The van der Waals surface area contributed by atoms with E-state index in [1.54, 1.807) is 7.11 Å².